The largest absolute Gasteiger partial charge is 0.381 e. The topological polar surface area (TPSA) is 29.9 Å². The summed E-state index contributed by atoms with van der Waals surface area (Å²) in [5.41, 5.74) is 1.95. The number of hydrogen-bond acceptors (Lipinski definition) is 2. The number of fused-ring (bicyclic) bond motifs is 1. The maximum atomic E-state index is 6.14. The zero-order valence-corrected chi connectivity index (χ0v) is 13.9. The number of hydrogen-bond donors (Lipinski definition) is 1. The molecule has 1 heterocycles. The first-order valence-corrected chi connectivity index (χ1v) is 7.64. The molecule has 1 N–H and O–H groups in total. The zero-order valence-electron chi connectivity index (χ0n) is 11.5. The van der Waals surface area contributed by atoms with E-state index in [0.717, 1.165) is 17.5 Å². The van der Waals surface area contributed by atoms with Gasteiger partial charge in [0.15, 0.2) is 4.77 Å². The third kappa shape index (κ3) is 1.93. The van der Waals surface area contributed by atoms with E-state index < -0.39 is 0 Å². The summed E-state index contributed by atoms with van der Waals surface area (Å²) in [6.07, 6.45) is 1.20. The molecule has 1 saturated carbocycles. The second kappa shape index (κ2) is 4.73. The summed E-state index contributed by atoms with van der Waals surface area (Å²) >= 11 is 17.7. The molecule has 1 aromatic carbocycles. The van der Waals surface area contributed by atoms with E-state index in [2.05, 4.69) is 23.4 Å². The minimum absolute atomic E-state index is 0.0359. The SMILES string of the molecule is COC1CC(n2c(=S)[nH]c3cc(Cl)c(Cl)cc32)C1(C)C. The van der Waals surface area contributed by atoms with E-state index in [1.807, 2.05) is 12.1 Å². The molecule has 0 amide bonds. The highest BCUT2D eigenvalue weighted by Gasteiger charge is 2.50. The van der Waals surface area contributed by atoms with E-state index in [4.69, 9.17) is 40.2 Å². The molecule has 2 aromatic rings. The Bertz CT molecular complexity index is 735. The Labute approximate surface area is 132 Å². The number of nitrogens with zero attached hydrogens (tertiary/aromatic N) is 1. The molecule has 1 aromatic heterocycles. The van der Waals surface area contributed by atoms with Crippen LogP contribution in [0.25, 0.3) is 11.0 Å². The minimum atomic E-state index is 0.0359. The number of aromatic amines is 1. The van der Waals surface area contributed by atoms with Crippen LogP contribution in [0.5, 0.6) is 0 Å². The molecular formula is C14H16Cl2N2OS. The molecule has 6 heteroatoms. The van der Waals surface area contributed by atoms with Gasteiger partial charge in [0.1, 0.15) is 0 Å². The number of aromatic nitrogens is 2. The molecule has 3 nitrogen and oxygen atoms in total. The van der Waals surface area contributed by atoms with Crippen LogP contribution in [0, 0.1) is 10.2 Å². The fraction of sp³-hybridized carbons (Fsp3) is 0.500. The van der Waals surface area contributed by atoms with E-state index in [0.29, 0.717) is 20.9 Å². The first kappa shape index (κ1) is 14.4. The fourth-order valence-electron chi connectivity index (χ4n) is 3.13. The van der Waals surface area contributed by atoms with E-state index >= 15 is 0 Å². The van der Waals surface area contributed by atoms with Crippen molar-refractivity contribution in [3.05, 3.63) is 26.9 Å². The maximum absolute atomic E-state index is 6.14. The van der Waals surface area contributed by atoms with Gasteiger partial charge >= 0.3 is 0 Å². The normalized spacial score (nSPS) is 24.9. The first-order valence-electron chi connectivity index (χ1n) is 6.48. The van der Waals surface area contributed by atoms with Gasteiger partial charge in [0.25, 0.3) is 0 Å². The van der Waals surface area contributed by atoms with Crippen molar-refractivity contribution in [1.29, 1.82) is 0 Å². The highest BCUT2D eigenvalue weighted by molar-refractivity contribution is 7.71. The Balaban J connectivity index is 2.16. The average molecular weight is 331 g/mol. The van der Waals surface area contributed by atoms with E-state index in [-0.39, 0.29) is 11.5 Å². The highest BCUT2D eigenvalue weighted by atomic mass is 35.5. The zero-order chi connectivity index (χ0) is 14.7. The van der Waals surface area contributed by atoms with Crippen molar-refractivity contribution in [3.63, 3.8) is 0 Å². The number of halogens is 2. The maximum Gasteiger partial charge on any atom is 0.178 e. The lowest BCUT2D eigenvalue weighted by Gasteiger charge is -2.51. The summed E-state index contributed by atoms with van der Waals surface area (Å²) in [5, 5.41) is 1.08. The Morgan fingerprint density at radius 3 is 2.60 bits per heavy atom. The molecule has 108 valence electrons. The Hall–Kier alpha value is -0.550. The van der Waals surface area contributed by atoms with Crippen molar-refractivity contribution in [2.45, 2.75) is 32.4 Å². The van der Waals surface area contributed by atoms with E-state index in [9.17, 15) is 0 Å². The number of ether oxygens (including phenoxy) is 1. The van der Waals surface area contributed by atoms with Gasteiger partial charge in [0, 0.05) is 18.6 Å². The van der Waals surface area contributed by atoms with Gasteiger partial charge < -0.3 is 14.3 Å². The average Bonchev–Trinajstić information content (AvgIpc) is 2.66. The monoisotopic (exact) mass is 330 g/mol. The van der Waals surface area contributed by atoms with Crippen molar-refractivity contribution in [2.75, 3.05) is 7.11 Å². The van der Waals surface area contributed by atoms with E-state index in [1.54, 1.807) is 7.11 Å². The van der Waals surface area contributed by atoms with Gasteiger partial charge in [0.05, 0.1) is 27.2 Å². The number of H-pyrrole nitrogens is 1. The summed E-state index contributed by atoms with van der Waals surface area (Å²) in [7, 11) is 1.76. The third-order valence-electron chi connectivity index (χ3n) is 4.48. The molecule has 0 radical (unpaired) electrons. The third-order valence-corrected chi connectivity index (χ3v) is 5.50. The Morgan fingerprint density at radius 2 is 2.00 bits per heavy atom. The van der Waals surface area contributed by atoms with Gasteiger partial charge in [-0.25, -0.2) is 0 Å². The molecule has 0 saturated heterocycles. The summed E-state index contributed by atoms with van der Waals surface area (Å²) in [6.45, 7) is 4.40. The first-order chi connectivity index (χ1) is 9.36. The molecule has 0 spiro atoms. The van der Waals surface area contributed by atoms with Crippen molar-refractivity contribution in [1.82, 2.24) is 9.55 Å². The minimum Gasteiger partial charge on any atom is -0.381 e. The van der Waals surface area contributed by atoms with Crippen LogP contribution >= 0.6 is 35.4 Å². The molecule has 20 heavy (non-hydrogen) atoms. The van der Waals surface area contributed by atoms with Crippen LogP contribution in [-0.2, 0) is 4.74 Å². The smallest absolute Gasteiger partial charge is 0.178 e. The summed E-state index contributed by atoms with van der Waals surface area (Å²) in [5.74, 6) is 0. The van der Waals surface area contributed by atoms with Crippen LogP contribution in [-0.4, -0.2) is 22.8 Å². The van der Waals surface area contributed by atoms with Crippen LogP contribution in [0.15, 0.2) is 12.1 Å². The van der Waals surface area contributed by atoms with Gasteiger partial charge in [-0.1, -0.05) is 37.0 Å². The molecule has 2 unspecified atom stereocenters. The molecule has 1 aliphatic carbocycles. The van der Waals surface area contributed by atoms with Gasteiger partial charge in [-0.2, -0.15) is 0 Å². The predicted octanol–water partition coefficient (Wildman–Crippen LogP) is 4.99. The van der Waals surface area contributed by atoms with Crippen LogP contribution in [0.3, 0.4) is 0 Å². The summed E-state index contributed by atoms with van der Waals surface area (Å²) < 4.78 is 8.36. The molecule has 3 rings (SSSR count). The van der Waals surface area contributed by atoms with Gasteiger partial charge in [-0.05, 0) is 30.8 Å². The summed E-state index contributed by atoms with van der Waals surface area (Å²) in [4.78, 5) is 3.21. The number of rotatable bonds is 2. The lowest BCUT2D eigenvalue weighted by atomic mass is 9.64. The highest BCUT2D eigenvalue weighted by Crippen LogP contribution is 2.52. The summed E-state index contributed by atoms with van der Waals surface area (Å²) in [6, 6.07) is 4.00. The second-order valence-corrected chi connectivity index (χ2v) is 7.08. The standard InChI is InChI=1S/C14H16Cl2N2OS/c1-14(2)11(6-12(14)19-3)18-10-5-8(16)7(15)4-9(10)17-13(18)20/h4-5,11-12H,6H2,1-3H3,(H,17,20). The lowest BCUT2D eigenvalue weighted by Crippen LogP contribution is -2.51. The molecule has 0 bridgehead atoms. The molecular weight excluding hydrogens is 315 g/mol. The number of nitrogens with one attached hydrogen (secondary N) is 1. The van der Waals surface area contributed by atoms with Gasteiger partial charge in [0.2, 0.25) is 0 Å². The van der Waals surface area contributed by atoms with E-state index in [1.165, 1.54) is 0 Å². The fourth-order valence-corrected chi connectivity index (χ4v) is 3.79. The number of methoxy groups -OCH3 is 1. The van der Waals surface area contributed by atoms with Gasteiger partial charge in [-0.3, -0.25) is 0 Å². The van der Waals surface area contributed by atoms with Crippen LogP contribution in [0.2, 0.25) is 10.0 Å². The second-order valence-electron chi connectivity index (χ2n) is 5.88. The molecule has 1 fully saturated rings. The number of imidazole rings is 1. The van der Waals surface area contributed by atoms with Crippen molar-refractivity contribution >= 4 is 46.5 Å². The molecule has 0 aliphatic heterocycles. The van der Waals surface area contributed by atoms with Crippen molar-refractivity contribution in [3.8, 4) is 0 Å². The Kier molecular flexibility index (Phi) is 3.41. The van der Waals surface area contributed by atoms with Crippen molar-refractivity contribution < 1.29 is 4.74 Å². The van der Waals surface area contributed by atoms with Crippen LogP contribution in [0.4, 0.5) is 0 Å². The lowest BCUT2D eigenvalue weighted by molar-refractivity contribution is -0.111. The quantitative estimate of drug-likeness (QED) is 0.786. The molecule has 2 atom stereocenters. The number of benzene rings is 1. The van der Waals surface area contributed by atoms with Crippen LogP contribution in [0.1, 0.15) is 26.3 Å². The van der Waals surface area contributed by atoms with Crippen LogP contribution < -0.4 is 0 Å². The Morgan fingerprint density at radius 1 is 1.35 bits per heavy atom. The van der Waals surface area contributed by atoms with Crippen molar-refractivity contribution in [2.24, 2.45) is 5.41 Å². The molecule has 1 aliphatic rings. The van der Waals surface area contributed by atoms with Gasteiger partial charge in [-0.15, -0.1) is 0 Å². The predicted molar refractivity (Wildman–Crippen MR) is 85.4 cm³/mol.